The molecule has 1 aliphatic rings. The van der Waals surface area contributed by atoms with Crippen LogP contribution in [0.3, 0.4) is 0 Å². The number of benzene rings is 1. The molecule has 1 aliphatic heterocycles. The maximum atomic E-state index is 13.4. The number of pyridine rings is 1. The molecule has 2 aromatic heterocycles. The Bertz CT molecular complexity index is 1110. The molecule has 1 amide bonds. The van der Waals surface area contributed by atoms with Crippen molar-refractivity contribution in [3.63, 3.8) is 0 Å². The van der Waals surface area contributed by atoms with E-state index in [0.717, 1.165) is 12.8 Å². The van der Waals surface area contributed by atoms with Crippen molar-refractivity contribution < 1.29 is 13.9 Å². The van der Waals surface area contributed by atoms with Crippen molar-refractivity contribution >= 4 is 16.9 Å². The summed E-state index contributed by atoms with van der Waals surface area (Å²) in [4.78, 5) is 34.8. The van der Waals surface area contributed by atoms with Gasteiger partial charge in [-0.3, -0.25) is 9.59 Å². The number of H-pyrrole nitrogens is 1. The van der Waals surface area contributed by atoms with Gasteiger partial charge >= 0.3 is 0 Å². The summed E-state index contributed by atoms with van der Waals surface area (Å²) >= 11 is 0. The lowest BCUT2D eigenvalue weighted by Crippen LogP contribution is -2.36. The van der Waals surface area contributed by atoms with Crippen molar-refractivity contribution in [1.29, 1.82) is 0 Å². The van der Waals surface area contributed by atoms with Crippen LogP contribution in [0.25, 0.3) is 11.0 Å². The van der Waals surface area contributed by atoms with Crippen molar-refractivity contribution in [2.75, 3.05) is 13.7 Å². The fourth-order valence-electron chi connectivity index (χ4n) is 3.67. The molecule has 0 spiro atoms. The van der Waals surface area contributed by atoms with Crippen LogP contribution >= 0.6 is 0 Å². The van der Waals surface area contributed by atoms with E-state index in [-0.39, 0.29) is 35.5 Å². The van der Waals surface area contributed by atoms with Gasteiger partial charge in [0.25, 0.3) is 11.5 Å². The molecule has 152 valence electrons. The number of hydrogen-bond donors (Lipinski definition) is 1. The number of aryl methyl sites for hydroxylation is 1. The maximum absolute atomic E-state index is 13.4. The predicted octanol–water partition coefficient (Wildman–Crippen LogP) is 2.62. The van der Waals surface area contributed by atoms with Gasteiger partial charge < -0.3 is 19.2 Å². The van der Waals surface area contributed by atoms with Crippen LogP contribution < -0.4 is 5.56 Å². The number of carbonyl (C=O) groups excluding carboxylic acids is 1. The molecule has 1 saturated heterocycles. The quantitative estimate of drug-likeness (QED) is 0.717. The highest BCUT2D eigenvalue weighted by Gasteiger charge is 2.23. The smallest absolute Gasteiger partial charge is 0.263 e. The number of rotatable bonds is 5. The summed E-state index contributed by atoms with van der Waals surface area (Å²) in [6.07, 6.45) is 3.62. The topological polar surface area (TPSA) is 80.2 Å². The zero-order valence-corrected chi connectivity index (χ0v) is 16.4. The molecule has 3 aromatic rings. The second-order valence-electron chi connectivity index (χ2n) is 7.47. The molecule has 0 radical (unpaired) electrons. The minimum absolute atomic E-state index is 0.00651. The molecule has 3 heterocycles. The predicted molar refractivity (Wildman–Crippen MR) is 106 cm³/mol. The van der Waals surface area contributed by atoms with E-state index in [1.54, 1.807) is 36.9 Å². The second-order valence-corrected chi connectivity index (χ2v) is 7.47. The largest absolute Gasteiger partial charge is 0.376 e. The van der Waals surface area contributed by atoms with Crippen molar-refractivity contribution in [2.24, 2.45) is 0 Å². The van der Waals surface area contributed by atoms with Gasteiger partial charge in [-0.25, -0.2) is 9.37 Å². The third kappa shape index (κ3) is 3.93. The Morgan fingerprint density at radius 3 is 3.00 bits per heavy atom. The number of fused-ring (bicyclic) bond motifs is 1. The van der Waals surface area contributed by atoms with E-state index >= 15 is 0 Å². The fourth-order valence-corrected chi connectivity index (χ4v) is 3.67. The molecule has 1 unspecified atom stereocenters. The first kappa shape index (κ1) is 19.3. The second kappa shape index (κ2) is 7.79. The average molecular weight is 398 g/mol. The summed E-state index contributed by atoms with van der Waals surface area (Å²) in [5.74, 6) is -0.209. The number of imidazole rings is 1. The molecule has 7 nitrogen and oxygen atoms in total. The standard InChI is InChI=1S/C21H23FN4O3/c1-13-7-8-26(11-15-4-3-9-29-15)21(28)19(13)20(27)25(2)12-18-23-16-6-5-14(22)10-17(16)24-18/h5-8,10,15H,3-4,9,11-12H2,1-2H3,(H,23,24). The van der Waals surface area contributed by atoms with Crippen LogP contribution in [0.2, 0.25) is 0 Å². The van der Waals surface area contributed by atoms with Crippen LogP contribution in [-0.2, 0) is 17.8 Å². The number of nitrogens with one attached hydrogen (secondary N) is 1. The average Bonchev–Trinajstić information content (AvgIpc) is 3.32. The lowest BCUT2D eigenvalue weighted by Gasteiger charge is -2.18. The monoisotopic (exact) mass is 398 g/mol. The molecule has 1 N–H and O–H groups in total. The van der Waals surface area contributed by atoms with Gasteiger partial charge in [-0.1, -0.05) is 0 Å². The Kier molecular flexibility index (Phi) is 5.19. The van der Waals surface area contributed by atoms with E-state index in [2.05, 4.69) is 9.97 Å². The van der Waals surface area contributed by atoms with Crippen LogP contribution in [0.15, 0.2) is 35.3 Å². The zero-order chi connectivity index (χ0) is 20.5. The number of aromatic nitrogens is 3. The summed E-state index contributed by atoms with van der Waals surface area (Å²) in [7, 11) is 1.62. The number of hydrogen-bond acceptors (Lipinski definition) is 4. The molecule has 8 heteroatoms. The van der Waals surface area contributed by atoms with Crippen molar-refractivity contribution in [3.05, 3.63) is 63.6 Å². The molecule has 4 rings (SSSR count). The van der Waals surface area contributed by atoms with Gasteiger partial charge in [0.15, 0.2) is 0 Å². The summed E-state index contributed by atoms with van der Waals surface area (Å²) < 4.78 is 20.5. The van der Waals surface area contributed by atoms with Crippen molar-refractivity contribution in [1.82, 2.24) is 19.4 Å². The van der Waals surface area contributed by atoms with Gasteiger partial charge in [0.05, 0.1) is 30.2 Å². The highest BCUT2D eigenvalue weighted by molar-refractivity contribution is 5.95. The van der Waals surface area contributed by atoms with E-state index in [4.69, 9.17) is 4.74 Å². The van der Waals surface area contributed by atoms with E-state index in [1.165, 1.54) is 17.0 Å². The van der Waals surface area contributed by atoms with Gasteiger partial charge in [0.2, 0.25) is 0 Å². The van der Waals surface area contributed by atoms with E-state index in [9.17, 15) is 14.0 Å². The minimum Gasteiger partial charge on any atom is -0.376 e. The number of carbonyl (C=O) groups is 1. The molecule has 1 atom stereocenters. The number of ether oxygens (including phenoxy) is 1. The van der Waals surface area contributed by atoms with E-state index in [0.29, 0.717) is 35.6 Å². The summed E-state index contributed by atoms with van der Waals surface area (Å²) in [6.45, 7) is 3.08. The van der Waals surface area contributed by atoms with Crippen LogP contribution in [0.1, 0.15) is 34.6 Å². The summed E-state index contributed by atoms with van der Waals surface area (Å²) in [5.41, 5.74) is 1.65. The molecule has 29 heavy (non-hydrogen) atoms. The fraction of sp³-hybridized carbons (Fsp3) is 0.381. The van der Waals surface area contributed by atoms with Crippen LogP contribution in [0.5, 0.6) is 0 Å². The van der Waals surface area contributed by atoms with Crippen LogP contribution in [0, 0.1) is 12.7 Å². The normalized spacial score (nSPS) is 16.4. The molecule has 0 bridgehead atoms. The third-order valence-corrected chi connectivity index (χ3v) is 5.24. The summed E-state index contributed by atoms with van der Waals surface area (Å²) in [5, 5.41) is 0. The van der Waals surface area contributed by atoms with Crippen molar-refractivity contribution in [2.45, 2.75) is 39.0 Å². The highest BCUT2D eigenvalue weighted by atomic mass is 19.1. The first-order valence-corrected chi connectivity index (χ1v) is 9.63. The number of halogens is 1. The molecule has 0 saturated carbocycles. The Hall–Kier alpha value is -3.00. The molecule has 0 aliphatic carbocycles. The Morgan fingerprint density at radius 2 is 2.24 bits per heavy atom. The minimum atomic E-state index is -0.374. The molecule has 1 aromatic carbocycles. The highest BCUT2D eigenvalue weighted by Crippen LogP contribution is 2.16. The maximum Gasteiger partial charge on any atom is 0.263 e. The Balaban J connectivity index is 1.56. The first-order chi connectivity index (χ1) is 13.9. The molecular formula is C21H23FN4O3. The Labute approximate surface area is 167 Å². The van der Waals surface area contributed by atoms with E-state index in [1.807, 2.05) is 0 Å². The van der Waals surface area contributed by atoms with Gasteiger partial charge in [-0.05, 0) is 49.6 Å². The lowest BCUT2D eigenvalue weighted by molar-refractivity contribution is 0.0775. The van der Waals surface area contributed by atoms with E-state index < -0.39 is 0 Å². The first-order valence-electron chi connectivity index (χ1n) is 9.63. The number of aromatic amines is 1. The van der Waals surface area contributed by atoms with Crippen LogP contribution in [-0.4, -0.2) is 45.1 Å². The molecule has 1 fully saturated rings. The Morgan fingerprint density at radius 1 is 1.41 bits per heavy atom. The SMILES string of the molecule is Cc1ccn(CC2CCCO2)c(=O)c1C(=O)N(C)Cc1nc2ccc(F)cc2[nH]1. The summed E-state index contributed by atoms with van der Waals surface area (Å²) in [6, 6.07) is 6.06. The number of nitrogens with zero attached hydrogens (tertiary/aromatic N) is 3. The number of amides is 1. The van der Waals surface area contributed by atoms with Gasteiger partial charge in [0, 0.05) is 19.9 Å². The van der Waals surface area contributed by atoms with Gasteiger partial charge in [-0.15, -0.1) is 0 Å². The van der Waals surface area contributed by atoms with Crippen molar-refractivity contribution in [3.8, 4) is 0 Å². The van der Waals surface area contributed by atoms with Gasteiger partial charge in [0.1, 0.15) is 17.2 Å². The lowest BCUT2D eigenvalue weighted by atomic mass is 10.1. The van der Waals surface area contributed by atoms with Gasteiger partial charge in [-0.2, -0.15) is 0 Å². The molecular weight excluding hydrogens is 375 g/mol. The third-order valence-electron chi connectivity index (χ3n) is 5.24. The van der Waals surface area contributed by atoms with Crippen LogP contribution in [0.4, 0.5) is 4.39 Å². The zero-order valence-electron chi connectivity index (χ0n) is 16.4.